The number of aromatic nitrogens is 2. The molecule has 1 atom stereocenters. The molecule has 0 amide bonds. The van der Waals surface area contributed by atoms with Gasteiger partial charge in [0.2, 0.25) is 0 Å². The Balaban J connectivity index is 3.49. The van der Waals surface area contributed by atoms with Crippen molar-refractivity contribution in [1.82, 2.24) is 14.0 Å². The molecule has 0 aliphatic carbocycles. The number of nitrogen functional groups attached to an aromatic ring is 1. The largest absolute Gasteiger partial charge is 0.384 e. The van der Waals surface area contributed by atoms with E-state index < -0.39 is 17.3 Å². The molecule has 7 nitrogen and oxygen atoms in total. The van der Waals surface area contributed by atoms with E-state index in [1.54, 1.807) is 18.9 Å². The van der Waals surface area contributed by atoms with Gasteiger partial charge in [0.15, 0.2) is 5.78 Å². The summed E-state index contributed by atoms with van der Waals surface area (Å²) in [4.78, 5) is 37.9. The monoisotopic (exact) mass is 268 g/mol. The Morgan fingerprint density at radius 2 is 1.84 bits per heavy atom. The molecule has 0 saturated heterocycles. The van der Waals surface area contributed by atoms with Gasteiger partial charge >= 0.3 is 5.69 Å². The lowest BCUT2D eigenvalue weighted by atomic mass is 10.1. The van der Waals surface area contributed by atoms with E-state index in [-0.39, 0.29) is 17.2 Å². The van der Waals surface area contributed by atoms with E-state index in [4.69, 9.17) is 5.73 Å². The van der Waals surface area contributed by atoms with Crippen LogP contribution in [0.2, 0.25) is 0 Å². The Morgan fingerprint density at radius 1 is 1.32 bits per heavy atom. The van der Waals surface area contributed by atoms with Crippen molar-refractivity contribution in [3.05, 3.63) is 26.4 Å². The Morgan fingerprint density at radius 3 is 2.32 bits per heavy atom. The number of nitrogens with zero attached hydrogens (tertiary/aromatic N) is 3. The first kappa shape index (κ1) is 15.2. The third-order valence-electron chi connectivity index (χ3n) is 3.50. The molecule has 19 heavy (non-hydrogen) atoms. The van der Waals surface area contributed by atoms with E-state index in [1.165, 1.54) is 14.1 Å². The van der Waals surface area contributed by atoms with E-state index in [1.807, 2.05) is 6.92 Å². The van der Waals surface area contributed by atoms with Gasteiger partial charge in [-0.3, -0.25) is 23.6 Å². The highest BCUT2D eigenvalue weighted by Crippen LogP contribution is 2.09. The van der Waals surface area contributed by atoms with Gasteiger partial charge in [0.05, 0.1) is 6.04 Å². The molecule has 1 aromatic rings. The zero-order chi connectivity index (χ0) is 14.9. The number of anilines is 1. The van der Waals surface area contributed by atoms with Crippen molar-refractivity contribution in [3.63, 3.8) is 0 Å². The van der Waals surface area contributed by atoms with Crippen LogP contribution >= 0.6 is 0 Å². The number of ketones is 1. The van der Waals surface area contributed by atoms with Crippen LogP contribution in [-0.2, 0) is 14.1 Å². The molecule has 0 aliphatic heterocycles. The molecule has 0 bridgehead atoms. The predicted molar refractivity (Wildman–Crippen MR) is 73.4 cm³/mol. The van der Waals surface area contributed by atoms with Crippen LogP contribution in [0.4, 0.5) is 5.82 Å². The number of rotatable bonds is 4. The highest BCUT2D eigenvalue weighted by molar-refractivity contribution is 6.03. The second kappa shape index (κ2) is 5.40. The molecule has 7 heteroatoms. The van der Waals surface area contributed by atoms with Crippen molar-refractivity contribution in [2.45, 2.75) is 19.9 Å². The van der Waals surface area contributed by atoms with Crippen molar-refractivity contribution in [2.24, 2.45) is 14.1 Å². The van der Waals surface area contributed by atoms with Crippen LogP contribution in [0.15, 0.2) is 9.59 Å². The Hall–Kier alpha value is -1.89. The molecular formula is C12H20N4O3. The van der Waals surface area contributed by atoms with Gasteiger partial charge in [0.1, 0.15) is 11.4 Å². The first-order valence-electron chi connectivity index (χ1n) is 6.03. The predicted octanol–water partition coefficient (Wildman–Crippen LogP) is -0.811. The fourth-order valence-corrected chi connectivity index (χ4v) is 1.77. The zero-order valence-electron chi connectivity index (χ0n) is 11.9. The van der Waals surface area contributed by atoms with Crippen molar-refractivity contribution >= 4 is 11.6 Å². The lowest BCUT2D eigenvalue weighted by Crippen LogP contribution is -2.45. The summed E-state index contributed by atoms with van der Waals surface area (Å²) < 4.78 is 2.00. The number of carbonyl (C=O) groups excluding carboxylic acids is 1. The molecule has 1 aromatic heterocycles. The van der Waals surface area contributed by atoms with Crippen LogP contribution in [0, 0.1) is 0 Å². The number of nitrogens with two attached hydrogens (primary N) is 1. The van der Waals surface area contributed by atoms with Crippen LogP contribution in [0.3, 0.4) is 0 Å². The smallest absolute Gasteiger partial charge is 0.332 e. The summed E-state index contributed by atoms with van der Waals surface area (Å²) in [6, 6.07) is -0.475. The molecule has 2 N–H and O–H groups in total. The molecule has 0 spiro atoms. The minimum Gasteiger partial charge on any atom is -0.384 e. The minimum atomic E-state index is -0.651. The van der Waals surface area contributed by atoms with Gasteiger partial charge in [-0.1, -0.05) is 6.92 Å². The third kappa shape index (κ3) is 2.46. The number of hydrogen-bond acceptors (Lipinski definition) is 5. The van der Waals surface area contributed by atoms with Gasteiger partial charge in [-0.05, 0) is 20.5 Å². The average Bonchev–Trinajstić information content (AvgIpc) is 2.41. The normalized spacial score (nSPS) is 12.7. The second-order valence-corrected chi connectivity index (χ2v) is 4.58. The minimum absolute atomic E-state index is 0.0885. The third-order valence-corrected chi connectivity index (χ3v) is 3.50. The zero-order valence-corrected chi connectivity index (χ0v) is 11.9. The van der Waals surface area contributed by atoms with Crippen molar-refractivity contribution in [3.8, 4) is 0 Å². The SMILES string of the molecule is CCN(C)[C@@H](C)C(=O)c1c(N)n(C)c(=O)n(C)c1=O. The first-order chi connectivity index (χ1) is 8.73. The summed E-state index contributed by atoms with van der Waals surface area (Å²) in [5.41, 5.74) is 4.42. The van der Waals surface area contributed by atoms with Crippen LogP contribution in [-0.4, -0.2) is 39.5 Å². The molecule has 0 aromatic carbocycles. The molecule has 1 heterocycles. The Labute approximate surface area is 111 Å². The van der Waals surface area contributed by atoms with Crippen LogP contribution in [0.1, 0.15) is 24.2 Å². The van der Waals surface area contributed by atoms with Gasteiger partial charge in [-0.25, -0.2) is 4.79 Å². The number of Topliss-reactive ketones (excluding diaryl/α,β-unsaturated/α-hetero) is 1. The summed E-state index contributed by atoms with van der Waals surface area (Å²) in [5.74, 6) is -0.465. The molecule has 0 unspecified atom stereocenters. The summed E-state index contributed by atoms with van der Waals surface area (Å²) in [6.45, 7) is 4.28. The van der Waals surface area contributed by atoms with Gasteiger partial charge in [0, 0.05) is 14.1 Å². The lowest BCUT2D eigenvalue weighted by molar-refractivity contribution is 0.0871. The molecule has 0 fully saturated rings. The highest BCUT2D eigenvalue weighted by atomic mass is 16.2. The van der Waals surface area contributed by atoms with Crippen LogP contribution in [0.25, 0.3) is 0 Å². The van der Waals surface area contributed by atoms with Gasteiger partial charge < -0.3 is 5.73 Å². The van der Waals surface area contributed by atoms with E-state index in [0.29, 0.717) is 6.54 Å². The van der Waals surface area contributed by atoms with E-state index in [9.17, 15) is 14.4 Å². The van der Waals surface area contributed by atoms with Crippen LogP contribution in [0.5, 0.6) is 0 Å². The first-order valence-corrected chi connectivity index (χ1v) is 6.03. The summed E-state index contributed by atoms with van der Waals surface area (Å²) in [6.07, 6.45) is 0. The fraction of sp³-hybridized carbons (Fsp3) is 0.583. The van der Waals surface area contributed by atoms with Crippen molar-refractivity contribution in [1.29, 1.82) is 0 Å². The molecule has 0 aliphatic rings. The Kier molecular flexibility index (Phi) is 4.31. The number of carbonyl (C=O) groups is 1. The topological polar surface area (TPSA) is 90.3 Å². The average molecular weight is 268 g/mol. The summed E-state index contributed by atoms with van der Waals surface area (Å²) >= 11 is 0. The fourth-order valence-electron chi connectivity index (χ4n) is 1.77. The standard InChI is InChI=1S/C12H20N4O3/c1-6-14(3)7(2)9(17)8-10(13)15(4)12(19)16(5)11(8)18/h7H,6,13H2,1-5H3/t7-/m0/s1. The highest BCUT2D eigenvalue weighted by Gasteiger charge is 2.26. The molecule has 1 rings (SSSR count). The maximum absolute atomic E-state index is 12.4. The van der Waals surface area contributed by atoms with Gasteiger partial charge in [-0.2, -0.15) is 0 Å². The number of hydrogen-bond donors (Lipinski definition) is 1. The maximum atomic E-state index is 12.4. The van der Waals surface area contributed by atoms with Crippen molar-refractivity contribution in [2.75, 3.05) is 19.3 Å². The summed E-state index contributed by atoms with van der Waals surface area (Å²) in [5, 5.41) is 0. The second-order valence-electron chi connectivity index (χ2n) is 4.58. The quantitative estimate of drug-likeness (QED) is 0.721. The molecule has 106 valence electrons. The Bertz CT molecular complexity index is 615. The van der Waals surface area contributed by atoms with E-state index in [2.05, 4.69) is 0 Å². The van der Waals surface area contributed by atoms with Crippen LogP contribution < -0.4 is 17.0 Å². The molecule has 0 saturated carbocycles. The van der Waals surface area contributed by atoms with Gasteiger partial charge in [0.25, 0.3) is 5.56 Å². The summed E-state index contributed by atoms with van der Waals surface area (Å²) in [7, 11) is 4.54. The van der Waals surface area contributed by atoms with Crippen molar-refractivity contribution < 1.29 is 4.79 Å². The number of likely N-dealkylation sites (N-methyl/N-ethyl adjacent to an activating group) is 1. The van der Waals surface area contributed by atoms with Gasteiger partial charge in [-0.15, -0.1) is 0 Å². The van der Waals surface area contributed by atoms with E-state index >= 15 is 0 Å². The molecular weight excluding hydrogens is 248 g/mol. The lowest BCUT2D eigenvalue weighted by Gasteiger charge is -2.22. The van der Waals surface area contributed by atoms with E-state index in [0.717, 1.165) is 9.13 Å². The molecule has 0 radical (unpaired) electrons. The maximum Gasteiger partial charge on any atom is 0.332 e.